The molecule has 2 bridgehead atoms. The first-order valence-electron chi connectivity index (χ1n) is 13.2. The van der Waals surface area contributed by atoms with Crippen LogP contribution >= 0.6 is 0 Å². The molecule has 4 N–H and O–H groups in total. The molecule has 1 aliphatic heterocycles. The molecule has 1 saturated heterocycles. The Morgan fingerprint density at radius 2 is 1.72 bits per heavy atom. The Hall–Kier alpha value is -2.63. The predicted molar refractivity (Wildman–Crippen MR) is 135 cm³/mol. The zero-order chi connectivity index (χ0) is 28.7. The molecule has 39 heavy (non-hydrogen) atoms. The molecule has 2 unspecified atom stereocenters. The van der Waals surface area contributed by atoms with E-state index in [1.54, 1.807) is 39.0 Å². The van der Waals surface area contributed by atoms with Gasteiger partial charge in [-0.2, -0.15) is 0 Å². The number of carbonyl (C=O) groups is 3. The standard InChI is InChI=1S/C29H36O10/c1-14-17(31)12-29(36)24(38-25(35)16-9-7-6-8-10-16)22-27(5,23(34)21(33)20(14)26(29,3)4)18(32)11-19-28(22,13-37-19)39-15(2)30/h6-10,17-19,21-22,24,31-33,36H,11-13H2,1-5H3/t17-,18-,19?,21?,22-,24-,27+,28-,29+/m0/s1. The highest BCUT2D eigenvalue weighted by Gasteiger charge is 2.77. The minimum absolute atomic E-state index is 0.0828. The summed E-state index contributed by atoms with van der Waals surface area (Å²) < 4.78 is 17.7. The fourth-order valence-corrected chi connectivity index (χ4v) is 7.66. The Kier molecular flexibility index (Phi) is 6.40. The molecule has 4 aliphatic rings. The quantitative estimate of drug-likeness (QED) is 0.320. The Morgan fingerprint density at radius 3 is 2.28 bits per heavy atom. The molecule has 10 heteroatoms. The second-order valence-corrected chi connectivity index (χ2v) is 12.2. The first-order valence-corrected chi connectivity index (χ1v) is 13.2. The van der Waals surface area contributed by atoms with Crippen molar-refractivity contribution in [3.05, 3.63) is 47.0 Å². The summed E-state index contributed by atoms with van der Waals surface area (Å²) in [5.74, 6) is -3.60. The van der Waals surface area contributed by atoms with Crippen LogP contribution in [0.2, 0.25) is 0 Å². The van der Waals surface area contributed by atoms with Gasteiger partial charge in [-0.15, -0.1) is 0 Å². The van der Waals surface area contributed by atoms with Crippen molar-refractivity contribution in [1.29, 1.82) is 0 Å². The van der Waals surface area contributed by atoms with Gasteiger partial charge in [-0.3, -0.25) is 9.59 Å². The molecule has 0 spiro atoms. The van der Waals surface area contributed by atoms with E-state index in [9.17, 15) is 34.8 Å². The van der Waals surface area contributed by atoms with Gasteiger partial charge in [-0.1, -0.05) is 32.0 Å². The van der Waals surface area contributed by atoms with Crippen molar-refractivity contribution < 1.29 is 49.0 Å². The monoisotopic (exact) mass is 544 g/mol. The van der Waals surface area contributed by atoms with Crippen molar-refractivity contribution in [1.82, 2.24) is 0 Å². The smallest absolute Gasteiger partial charge is 0.338 e. The highest BCUT2D eigenvalue weighted by molar-refractivity contribution is 5.94. The Balaban J connectivity index is 1.81. The number of ether oxygens (including phenoxy) is 3. The molecule has 212 valence electrons. The van der Waals surface area contributed by atoms with Crippen molar-refractivity contribution in [2.24, 2.45) is 16.7 Å². The molecule has 2 saturated carbocycles. The molecule has 0 radical (unpaired) electrons. The van der Waals surface area contributed by atoms with Gasteiger partial charge in [0.1, 0.15) is 23.9 Å². The number of hydrogen-bond donors (Lipinski definition) is 4. The minimum atomic E-state index is -2.07. The van der Waals surface area contributed by atoms with Crippen LogP contribution in [0, 0.1) is 16.7 Å². The maximum absolute atomic E-state index is 14.3. The molecule has 1 aromatic rings. The van der Waals surface area contributed by atoms with Crippen LogP contribution in [0.15, 0.2) is 41.5 Å². The van der Waals surface area contributed by atoms with Gasteiger partial charge in [0.15, 0.2) is 11.4 Å². The number of Topliss-reactive ketones (excluding diaryl/α,β-unsaturated/α-hetero) is 1. The van der Waals surface area contributed by atoms with E-state index < -0.39 is 76.2 Å². The number of aliphatic hydroxyl groups is 4. The van der Waals surface area contributed by atoms with Crippen molar-refractivity contribution in [2.45, 2.75) is 89.2 Å². The van der Waals surface area contributed by atoms with Crippen LogP contribution in [0.5, 0.6) is 0 Å². The van der Waals surface area contributed by atoms with Gasteiger partial charge in [0, 0.05) is 25.2 Å². The number of fused-ring (bicyclic) bond motifs is 5. The summed E-state index contributed by atoms with van der Waals surface area (Å²) in [4.78, 5) is 40.3. The lowest BCUT2D eigenvalue weighted by molar-refractivity contribution is -0.345. The average molecular weight is 545 g/mol. The van der Waals surface area contributed by atoms with Crippen molar-refractivity contribution in [3.8, 4) is 0 Å². The van der Waals surface area contributed by atoms with Crippen LogP contribution in [0.25, 0.3) is 0 Å². The van der Waals surface area contributed by atoms with Crippen LogP contribution in [0.3, 0.4) is 0 Å². The summed E-state index contributed by atoms with van der Waals surface area (Å²) in [6, 6.07) is 8.08. The normalized spacial score (nSPS) is 42.7. The van der Waals surface area contributed by atoms with E-state index in [2.05, 4.69) is 0 Å². The average Bonchev–Trinajstić information content (AvgIpc) is 2.87. The maximum Gasteiger partial charge on any atom is 0.338 e. The van der Waals surface area contributed by atoms with E-state index >= 15 is 0 Å². The first kappa shape index (κ1) is 27.9. The van der Waals surface area contributed by atoms with Crippen molar-refractivity contribution >= 4 is 17.7 Å². The van der Waals surface area contributed by atoms with Crippen LogP contribution in [-0.4, -0.2) is 86.5 Å². The largest absolute Gasteiger partial charge is 0.455 e. The number of ketones is 1. The highest BCUT2D eigenvalue weighted by atomic mass is 16.6. The lowest BCUT2D eigenvalue weighted by Crippen LogP contribution is -2.81. The van der Waals surface area contributed by atoms with Gasteiger partial charge in [0.2, 0.25) is 0 Å². The Morgan fingerprint density at radius 1 is 1.08 bits per heavy atom. The molecular formula is C29H36O10. The van der Waals surface area contributed by atoms with Gasteiger partial charge in [0.05, 0.1) is 35.7 Å². The second-order valence-electron chi connectivity index (χ2n) is 12.2. The third-order valence-corrected chi connectivity index (χ3v) is 9.95. The third kappa shape index (κ3) is 3.62. The molecule has 0 amide bonds. The maximum atomic E-state index is 14.3. The number of rotatable bonds is 3. The first-order chi connectivity index (χ1) is 18.1. The van der Waals surface area contributed by atoms with Crippen LogP contribution in [0.1, 0.15) is 57.8 Å². The summed E-state index contributed by atoms with van der Waals surface area (Å²) in [5.41, 5.74) is -6.24. The third-order valence-electron chi connectivity index (χ3n) is 9.95. The summed E-state index contributed by atoms with van der Waals surface area (Å²) in [6.45, 7) is 7.29. The second kappa shape index (κ2) is 8.94. The van der Waals surface area contributed by atoms with E-state index in [4.69, 9.17) is 14.2 Å². The van der Waals surface area contributed by atoms with E-state index in [-0.39, 0.29) is 30.6 Å². The lowest BCUT2D eigenvalue weighted by Gasteiger charge is -2.67. The molecular weight excluding hydrogens is 508 g/mol. The van der Waals surface area contributed by atoms with Gasteiger partial charge >= 0.3 is 11.9 Å². The number of hydrogen-bond acceptors (Lipinski definition) is 10. The SMILES string of the molecule is CC(=O)O[C@@]12COC1C[C@H](O)[C@@]1(C)C(=O)C(O)C3=C(C)[C@@H](O)C[C@@](O)([C@@H](OC(=O)c4ccccc4)[C@@H]12)C3(C)C. The van der Waals surface area contributed by atoms with E-state index in [1.807, 2.05) is 0 Å². The number of carbonyl (C=O) groups excluding carboxylic acids is 3. The lowest BCUT2D eigenvalue weighted by atomic mass is 9.44. The van der Waals surface area contributed by atoms with E-state index in [1.165, 1.54) is 26.0 Å². The summed E-state index contributed by atoms with van der Waals surface area (Å²) in [5, 5.41) is 46.7. The summed E-state index contributed by atoms with van der Waals surface area (Å²) in [7, 11) is 0. The van der Waals surface area contributed by atoms with Gasteiger partial charge < -0.3 is 34.6 Å². The van der Waals surface area contributed by atoms with E-state index in [0.29, 0.717) is 5.57 Å². The molecule has 9 atom stereocenters. The molecule has 10 nitrogen and oxygen atoms in total. The van der Waals surface area contributed by atoms with E-state index in [0.717, 1.165) is 0 Å². The predicted octanol–water partition coefficient (Wildman–Crippen LogP) is 1.08. The van der Waals surface area contributed by atoms with Crippen LogP contribution in [-0.2, 0) is 23.8 Å². The van der Waals surface area contributed by atoms with Crippen molar-refractivity contribution in [2.75, 3.05) is 6.61 Å². The highest BCUT2D eigenvalue weighted by Crippen LogP contribution is 2.63. The molecule has 3 aliphatic carbocycles. The zero-order valence-electron chi connectivity index (χ0n) is 22.7. The molecule has 3 fully saturated rings. The summed E-state index contributed by atoms with van der Waals surface area (Å²) >= 11 is 0. The van der Waals surface area contributed by atoms with Gasteiger partial charge in [-0.05, 0) is 37.1 Å². The fraction of sp³-hybridized carbons (Fsp3) is 0.621. The zero-order valence-corrected chi connectivity index (χ0v) is 22.7. The van der Waals surface area contributed by atoms with Crippen molar-refractivity contribution in [3.63, 3.8) is 0 Å². The topological polar surface area (TPSA) is 160 Å². The molecule has 0 aromatic heterocycles. The van der Waals surface area contributed by atoms with Crippen LogP contribution < -0.4 is 0 Å². The Bertz CT molecular complexity index is 1240. The molecule has 1 heterocycles. The summed E-state index contributed by atoms with van der Waals surface area (Å²) in [6.07, 6.45) is -7.26. The minimum Gasteiger partial charge on any atom is -0.455 e. The Labute approximate surface area is 226 Å². The van der Waals surface area contributed by atoms with Crippen LogP contribution in [0.4, 0.5) is 0 Å². The van der Waals surface area contributed by atoms with Gasteiger partial charge in [0.25, 0.3) is 0 Å². The molecule has 1 aromatic carbocycles. The molecule has 5 rings (SSSR count). The number of esters is 2. The fourth-order valence-electron chi connectivity index (χ4n) is 7.66. The number of aliphatic hydroxyl groups excluding tert-OH is 3. The van der Waals surface area contributed by atoms with Gasteiger partial charge in [-0.25, -0.2) is 4.79 Å². The number of benzene rings is 1.